The molecule has 6 aromatic heterocycles. The predicted molar refractivity (Wildman–Crippen MR) is 288 cm³/mol. The van der Waals surface area contributed by atoms with Crippen LogP contribution < -0.4 is 21.3 Å². The van der Waals surface area contributed by atoms with Gasteiger partial charge in [-0.15, -0.1) is 0 Å². The number of rotatable bonds is 19. The zero-order valence-electron chi connectivity index (χ0n) is 40.4. The largest absolute Gasteiger partial charge is 0.395 e. The predicted octanol–water partition coefficient (Wildman–Crippen LogP) is 10.0. The quantitative estimate of drug-likeness (QED) is 0.0483. The summed E-state index contributed by atoms with van der Waals surface area (Å²) in [4.78, 5) is 52.3. The highest BCUT2D eigenvalue weighted by atomic mass is 35.5. The van der Waals surface area contributed by atoms with Gasteiger partial charge in [0.2, 0.25) is 0 Å². The molecule has 6 heterocycles. The van der Waals surface area contributed by atoms with E-state index in [-0.39, 0.29) is 18.4 Å². The number of halogens is 2. The molecule has 0 aliphatic heterocycles. The Morgan fingerprint density at radius 3 is 1.56 bits per heavy atom. The Hall–Kier alpha value is -7.88. The number of anilines is 2. The molecule has 5 N–H and O–H groups in total. The number of pyridine rings is 6. The van der Waals surface area contributed by atoms with E-state index >= 15 is 0 Å². The zero-order valence-corrected chi connectivity index (χ0v) is 41.9. The van der Waals surface area contributed by atoms with Gasteiger partial charge in [0.05, 0.1) is 40.9 Å². The van der Waals surface area contributed by atoms with E-state index in [1.807, 2.05) is 123 Å². The van der Waals surface area contributed by atoms with Gasteiger partial charge in [0, 0.05) is 108 Å². The molecule has 0 aliphatic rings. The van der Waals surface area contributed by atoms with Crippen molar-refractivity contribution >= 4 is 68.5 Å². The number of nitrogens with zero attached hydrogens (tertiary/aromatic N) is 6. The van der Waals surface area contributed by atoms with Crippen LogP contribution >= 0.6 is 23.2 Å². The van der Waals surface area contributed by atoms with Crippen molar-refractivity contribution in [1.29, 1.82) is 0 Å². The van der Waals surface area contributed by atoms with Crippen LogP contribution in [0.15, 0.2) is 152 Å². The first-order chi connectivity index (χ1) is 35.5. The number of aliphatic hydroxyl groups is 1. The smallest absolute Gasteiger partial charge is 0.251 e. The van der Waals surface area contributed by atoms with Crippen LogP contribution in [0.3, 0.4) is 0 Å². The monoisotopic (exact) mass is 1010 g/mol. The minimum atomic E-state index is -0.171. The lowest BCUT2D eigenvalue weighted by Gasteiger charge is -2.11. The first-order valence-electron chi connectivity index (χ1n) is 23.7. The number of aryl methyl sites for hydroxylation is 2. The molecule has 0 aliphatic carbocycles. The molecule has 0 saturated heterocycles. The highest BCUT2D eigenvalue weighted by Crippen LogP contribution is 2.22. The van der Waals surface area contributed by atoms with Gasteiger partial charge in [-0.05, 0) is 114 Å². The summed E-state index contributed by atoms with van der Waals surface area (Å²) >= 11 is 12.2. The topological polar surface area (TPSA) is 189 Å². The Morgan fingerprint density at radius 2 is 1.07 bits per heavy atom. The van der Waals surface area contributed by atoms with Crippen molar-refractivity contribution in [3.63, 3.8) is 0 Å². The summed E-state index contributed by atoms with van der Waals surface area (Å²) < 4.78 is 5.72. The maximum absolute atomic E-state index is 12.9. The van der Waals surface area contributed by atoms with Crippen LogP contribution in [0.1, 0.15) is 71.3 Å². The second-order valence-corrected chi connectivity index (χ2v) is 18.0. The van der Waals surface area contributed by atoms with E-state index < -0.39 is 0 Å². The third-order valence-electron chi connectivity index (χ3n) is 11.7. The average Bonchev–Trinajstić information content (AvgIpc) is 3.40. The van der Waals surface area contributed by atoms with Gasteiger partial charge in [0.15, 0.2) is 0 Å². The molecule has 0 saturated carbocycles. The van der Waals surface area contributed by atoms with E-state index in [9.17, 15) is 9.59 Å². The number of hydrogen-bond donors (Lipinski definition) is 5. The number of ether oxygens (including phenoxy) is 1. The molecule has 3 aromatic carbocycles. The number of nitrogens with one attached hydrogen (secondary N) is 4. The average molecular weight is 1010 g/mol. The van der Waals surface area contributed by atoms with Crippen molar-refractivity contribution in [3.8, 4) is 0 Å². The van der Waals surface area contributed by atoms with Crippen LogP contribution in [0.4, 0.5) is 11.6 Å². The molecule has 73 heavy (non-hydrogen) atoms. The second-order valence-electron chi connectivity index (χ2n) is 17.1. The third-order valence-corrected chi connectivity index (χ3v) is 12.1. The lowest BCUT2D eigenvalue weighted by molar-refractivity contribution is 0.0942. The molecular weight excluding hydrogens is 960 g/mol. The summed E-state index contributed by atoms with van der Waals surface area (Å²) in [6.45, 7) is 6.89. The number of aromatic nitrogens is 6. The van der Waals surface area contributed by atoms with Crippen LogP contribution in [-0.4, -0.2) is 73.1 Å². The summed E-state index contributed by atoms with van der Waals surface area (Å²) in [7, 11) is 0. The summed E-state index contributed by atoms with van der Waals surface area (Å²) in [5, 5.41) is 24.3. The molecule has 370 valence electrons. The fourth-order valence-corrected chi connectivity index (χ4v) is 8.22. The van der Waals surface area contributed by atoms with Gasteiger partial charge in [0.25, 0.3) is 11.8 Å². The van der Waals surface area contributed by atoms with Crippen molar-refractivity contribution in [2.45, 2.75) is 46.4 Å². The summed E-state index contributed by atoms with van der Waals surface area (Å²) in [5.41, 5.74) is 11.3. The lowest BCUT2D eigenvalue weighted by Crippen LogP contribution is -2.23. The van der Waals surface area contributed by atoms with Crippen molar-refractivity contribution in [2.75, 3.05) is 36.9 Å². The van der Waals surface area contributed by atoms with Gasteiger partial charge >= 0.3 is 0 Å². The van der Waals surface area contributed by atoms with Crippen LogP contribution in [0.2, 0.25) is 10.0 Å². The van der Waals surface area contributed by atoms with Gasteiger partial charge < -0.3 is 31.1 Å². The van der Waals surface area contributed by atoms with Gasteiger partial charge in [0.1, 0.15) is 11.6 Å². The number of aliphatic hydroxyl groups excluding tert-OH is 1. The zero-order chi connectivity index (χ0) is 50.9. The van der Waals surface area contributed by atoms with Crippen LogP contribution in [-0.2, 0) is 37.3 Å². The van der Waals surface area contributed by atoms with Gasteiger partial charge in [-0.3, -0.25) is 29.5 Å². The number of hydrogen-bond acceptors (Lipinski definition) is 12. The highest BCUT2D eigenvalue weighted by molar-refractivity contribution is 6.31. The van der Waals surface area contributed by atoms with Crippen molar-refractivity contribution in [2.24, 2.45) is 0 Å². The maximum atomic E-state index is 12.9. The number of carbonyl (C=O) groups excluding carboxylic acids is 2. The molecule has 0 radical (unpaired) electrons. The van der Waals surface area contributed by atoms with E-state index in [0.717, 1.165) is 78.2 Å². The first-order valence-corrected chi connectivity index (χ1v) is 24.5. The van der Waals surface area contributed by atoms with Gasteiger partial charge in [-0.25, -0.2) is 9.97 Å². The fourth-order valence-electron chi connectivity index (χ4n) is 7.88. The minimum absolute atomic E-state index is 0.0406. The van der Waals surface area contributed by atoms with E-state index in [0.29, 0.717) is 79.2 Å². The molecule has 9 rings (SSSR count). The Labute approximate surface area is 433 Å². The maximum Gasteiger partial charge on any atom is 0.251 e. The Balaban J connectivity index is 0.000000199. The summed E-state index contributed by atoms with van der Waals surface area (Å²) in [6, 6.07) is 40.6. The van der Waals surface area contributed by atoms with Gasteiger partial charge in [-0.1, -0.05) is 77.8 Å². The normalized spacial score (nSPS) is 10.9. The van der Waals surface area contributed by atoms with E-state index in [2.05, 4.69) is 57.2 Å². The van der Waals surface area contributed by atoms with Gasteiger partial charge in [-0.2, -0.15) is 0 Å². The molecular formula is C57H54Cl2N10O4. The molecule has 9 aromatic rings. The third kappa shape index (κ3) is 15.1. The Kier molecular flexibility index (Phi) is 18.0. The number of carbonyl (C=O) groups is 2. The molecule has 0 unspecified atom stereocenters. The van der Waals surface area contributed by atoms with Crippen LogP contribution in [0.25, 0.3) is 21.8 Å². The molecule has 0 spiro atoms. The van der Waals surface area contributed by atoms with E-state index in [4.69, 9.17) is 33.0 Å². The van der Waals surface area contributed by atoms with E-state index in [1.54, 1.807) is 36.9 Å². The number of amides is 2. The Morgan fingerprint density at radius 1 is 0.562 bits per heavy atom. The molecule has 0 atom stereocenters. The molecule has 16 heteroatoms. The molecule has 2 amide bonds. The van der Waals surface area contributed by atoms with Crippen molar-refractivity contribution < 1.29 is 19.4 Å². The van der Waals surface area contributed by atoms with Crippen molar-refractivity contribution in [3.05, 3.63) is 224 Å². The van der Waals surface area contributed by atoms with Crippen molar-refractivity contribution in [1.82, 2.24) is 40.5 Å². The van der Waals surface area contributed by atoms with Crippen LogP contribution in [0, 0.1) is 13.8 Å². The van der Waals surface area contributed by atoms with Crippen LogP contribution in [0.5, 0.6) is 0 Å². The number of fused-ring (bicyclic) bond motifs is 2. The summed E-state index contributed by atoms with van der Waals surface area (Å²) in [5.74, 6) is 1.15. The standard InChI is InChI=1S/C32H30ClN5O2.C25H24ClN5O2/c1-22-26(8-10-31(38-22)35-13-14-40-21-23-5-3-2-4-6-23)19-37-32(39)25-11-12-34-29(18-25)16-24-7-9-30-27(15-24)17-28(33)20-36-30;1-16-19(3-5-24(31-16)28-8-9-32)14-30-25(33)18-6-7-27-22(13-18)11-17-2-4-23-20(10-17)12-21(26)15-29-23/h2-12,15,17-18,20H,13-14,16,19,21H2,1H3,(H,35,38)(H,37,39);2-7,10,12-13,15,32H,8-9,11,14H2,1H3,(H,28,31)(H,30,33). The fraction of sp³-hybridized carbons (Fsp3) is 0.193. The van der Waals surface area contributed by atoms with E-state index in [1.165, 1.54) is 0 Å². The summed E-state index contributed by atoms with van der Waals surface area (Å²) in [6.07, 6.45) is 7.78. The lowest BCUT2D eigenvalue weighted by atomic mass is 10.0. The second kappa shape index (κ2) is 25.5. The highest BCUT2D eigenvalue weighted by Gasteiger charge is 2.12. The SMILES string of the molecule is Cc1nc(NCCO)ccc1CNC(=O)c1ccnc(Cc2ccc3ncc(Cl)cc3c2)c1.Cc1nc(NCCOCc2ccccc2)ccc1CNC(=O)c1ccnc(Cc2ccc3ncc(Cl)cc3c2)c1. The minimum Gasteiger partial charge on any atom is -0.395 e. The molecule has 0 bridgehead atoms. The molecule has 14 nitrogen and oxygen atoms in total. The first kappa shape index (κ1) is 51.5. The Bertz CT molecular complexity index is 3340. The number of benzene rings is 3. The molecule has 0 fully saturated rings.